The quantitative estimate of drug-likeness (QED) is 0.411. The lowest BCUT2D eigenvalue weighted by molar-refractivity contribution is -0.141. The van der Waals surface area contributed by atoms with Gasteiger partial charge in [-0.25, -0.2) is 0 Å². The molecule has 1 atom stereocenters. The maximum Gasteiger partial charge on any atom is 0.243 e. The number of carbonyl (C=O) groups excluding carboxylic acids is 2. The molecular weight excluding hydrogens is 432 g/mol. The van der Waals surface area contributed by atoms with Crippen molar-refractivity contribution in [2.45, 2.75) is 71.5 Å². The lowest BCUT2D eigenvalue weighted by Crippen LogP contribution is -2.54. The molecule has 35 heavy (non-hydrogen) atoms. The van der Waals surface area contributed by atoms with E-state index < -0.39 is 11.6 Å². The number of hydrogen-bond donors (Lipinski definition) is 1. The molecule has 0 aliphatic carbocycles. The van der Waals surface area contributed by atoms with Crippen molar-refractivity contribution in [1.82, 2.24) is 10.2 Å². The van der Waals surface area contributed by atoms with Gasteiger partial charge in [-0.3, -0.25) is 9.59 Å². The lowest BCUT2D eigenvalue weighted by Gasteiger charge is -2.34. The summed E-state index contributed by atoms with van der Waals surface area (Å²) in [6.07, 6.45) is 2.46. The van der Waals surface area contributed by atoms with Gasteiger partial charge in [0.15, 0.2) is 0 Å². The standard InChI is InChI=1S/C31H38N2O2/c1-5-24-16-18-25(19-17-24)20-21-29(34)33(23-27-14-10-7-11-15-27)28(30(35)32-31(2,3)4)22-26-12-8-6-9-13-26/h6-19,28H,5,20-23H2,1-4H3,(H,32,35). The van der Waals surface area contributed by atoms with Crippen LogP contribution in [0.15, 0.2) is 84.9 Å². The summed E-state index contributed by atoms with van der Waals surface area (Å²) in [6, 6.07) is 27.7. The summed E-state index contributed by atoms with van der Waals surface area (Å²) in [5.41, 5.74) is 4.06. The number of rotatable bonds is 10. The number of carbonyl (C=O) groups is 2. The molecule has 3 rings (SSSR count). The Morgan fingerprint density at radius 1 is 0.771 bits per heavy atom. The monoisotopic (exact) mass is 470 g/mol. The van der Waals surface area contributed by atoms with Gasteiger partial charge in [-0.1, -0.05) is 91.9 Å². The number of nitrogens with one attached hydrogen (secondary N) is 1. The normalized spacial score (nSPS) is 12.1. The average Bonchev–Trinajstić information content (AvgIpc) is 2.85. The summed E-state index contributed by atoms with van der Waals surface area (Å²) >= 11 is 0. The fraction of sp³-hybridized carbons (Fsp3) is 0.355. The van der Waals surface area contributed by atoms with Gasteiger partial charge in [0.1, 0.15) is 6.04 Å². The van der Waals surface area contributed by atoms with Crippen molar-refractivity contribution in [3.05, 3.63) is 107 Å². The lowest BCUT2D eigenvalue weighted by atomic mass is 9.99. The minimum Gasteiger partial charge on any atom is -0.350 e. The molecule has 0 saturated heterocycles. The van der Waals surface area contributed by atoms with Crippen molar-refractivity contribution in [1.29, 1.82) is 0 Å². The van der Waals surface area contributed by atoms with E-state index in [0.717, 1.165) is 23.1 Å². The Hall–Kier alpha value is -3.40. The Bertz CT molecular complexity index is 1070. The minimum absolute atomic E-state index is 0.0154. The van der Waals surface area contributed by atoms with Gasteiger partial charge in [-0.2, -0.15) is 0 Å². The largest absolute Gasteiger partial charge is 0.350 e. The smallest absolute Gasteiger partial charge is 0.243 e. The van der Waals surface area contributed by atoms with Crippen molar-refractivity contribution in [3.63, 3.8) is 0 Å². The van der Waals surface area contributed by atoms with Crippen LogP contribution in [0.4, 0.5) is 0 Å². The van der Waals surface area contributed by atoms with E-state index in [1.165, 1.54) is 5.56 Å². The Kier molecular flexibility index (Phi) is 9.25. The van der Waals surface area contributed by atoms with Crippen LogP contribution in [0.1, 0.15) is 56.4 Å². The maximum atomic E-state index is 13.7. The maximum absolute atomic E-state index is 13.7. The molecule has 0 bridgehead atoms. The Morgan fingerprint density at radius 3 is 1.86 bits per heavy atom. The van der Waals surface area contributed by atoms with E-state index in [0.29, 0.717) is 25.8 Å². The molecule has 3 aromatic carbocycles. The molecule has 4 nitrogen and oxygen atoms in total. The Labute approximate surface area is 210 Å². The van der Waals surface area contributed by atoms with Gasteiger partial charge in [0.25, 0.3) is 0 Å². The molecule has 0 spiro atoms. The average molecular weight is 471 g/mol. The molecule has 4 heteroatoms. The van der Waals surface area contributed by atoms with Crippen molar-refractivity contribution in [2.75, 3.05) is 0 Å². The third-order valence-corrected chi connectivity index (χ3v) is 6.02. The van der Waals surface area contributed by atoms with Crippen LogP contribution in [0, 0.1) is 0 Å². The first-order valence-electron chi connectivity index (χ1n) is 12.5. The number of nitrogens with zero attached hydrogens (tertiary/aromatic N) is 1. The molecule has 0 heterocycles. The predicted molar refractivity (Wildman–Crippen MR) is 143 cm³/mol. The van der Waals surface area contributed by atoms with E-state index in [1.807, 2.05) is 81.4 Å². The highest BCUT2D eigenvalue weighted by Crippen LogP contribution is 2.18. The number of amides is 2. The van der Waals surface area contributed by atoms with E-state index in [4.69, 9.17) is 0 Å². The predicted octanol–water partition coefficient (Wildman–Crippen LogP) is 5.74. The fourth-order valence-corrected chi connectivity index (χ4v) is 4.12. The third kappa shape index (κ3) is 8.40. The zero-order chi connectivity index (χ0) is 25.3. The van der Waals surface area contributed by atoms with E-state index >= 15 is 0 Å². The van der Waals surface area contributed by atoms with Gasteiger partial charge < -0.3 is 10.2 Å². The van der Waals surface area contributed by atoms with Gasteiger partial charge in [-0.05, 0) is 55.9 Å². The van der Waals surface area contributed by atoms with Crippen LogP contribution in [0.25, 0.3) is 0 Å². The SMILES string of the molecule is CCc1ccc(CCC(=O)N(Cc2ccccc2)C(Cc2ccccc2)C(=O)NC(C)(C)C)cc1. The van der Waals surface area contributed by atoms with Crippen LogP contribution in [-0.2, 0) is 35.4 Å². The van der Waals surface area contributed by atoms with Crippen molar-refractivity contribution in [2.24, 2.45) is 0 Å². The molecule has 1 N–H and O–H groups in total. The summed E-state index contributed by atoms with van der Waals surface area (Å²) in [5.74, 6) is -0.142. The van der Waals surface area contributed by atoms with Crippen molar-refractivity contribution >= 4 is 11.8 Å². The number of benzene rings is 3. The second-order valence-electron chi connectivity index (χ2n) is 10.1. The van der Waals surface area contributed by atoms with Crippen LogP contribution >= 0.6 is 0 Å². The van der Waals surface area contributed by atoms with Gasteiger partial charge in [0.2, 0.25) is 11.8 Å². The molecule has 0 aromatic heterocycles. The highest BCUT2D eigenvalue weighted by atomic mass is 16.2. The molecule has 3 aromatic rings. The summed E-state index contributed by atoms with van der Waals surface area (Å²) in [5, 5.41) is 3.11. The minimum atomic E-state index is -0.605. The molecular formula is C31H38N2O2. The highest BCUT2D eigenvalue weighted by Gasteiger charge is 2.32. The molecule has 0 radical (unpaired) electrons. The van der Waals surface area contributed by atoms with Gasteiger partial charge in [0, 0.05) is 24.9 Å². The fourth-order valence-electron chi connectivity index (χ4n) is 4.12. The highest BCUT2D eigenvalue weighted by molar-refractivity contribution is 5.88. The van der Waals surface area contributed by atoms with Crippen LogP contribution in [0.5, 0.6) is 0 Å². The molecule has 2 amide bonds. The van der Waals surface area contributed by atoms with Gasteiger partial charge in [-0.15, -0.1) is 0 Å². The van der Waals surface area contributed by atoms with Gasteiger partial charge in [0.05, 0.1) is 0 Å². The van der Waals surface area contributed by atoms with Gasteiger partial charge >= 0.3 is 0 Å². The summed E-state index contributed by atoms with van der Waals surface area (Å²) in [4.78, 5) is 29.0. The molecule has 0 fully saturated rings. The molecule has 0 aliphatic rings. The molecule has 0 aliphatic heterocycles. The van der Waals surface area contributed by atoms with Crippen LogP contribution < -0.4 is 5.32 Å². The summed E-state index contributed by atoms with van der Waals surface area (Å²) in [7, 11) is 0. The zero-order valence-corrected chi connectivity index (χ0v) is 21.5. The first-order chi connectivity index (χ1) is 16.7. The molecule has 0 saturated carbocycles. The number of hydrogen-bond acceptors (Lipinski definition) is 2. The second kappa shape index (κ2) is 12.3. The van der Waals surface area contributed by atoms with E-state index in [-0.39, 0.29) is 11.8 Å². The van der Waals surface area contributed by atoms with E-state index in [2.05, 4.69) is 36.5 Å². The Balaban J connectivity index is 1.88. The molecule has 184 valence electrons. The molecule has 1 unspecified atom stereocenters. The van der Waals surface area contributed by atoms with Crippen LogP contribution in [0.2, 0.25) is 0 Å². The first-order valence-corrected chi connectivity index (χ1v) is 12.5. The summed E-state index contributed by atoms with van der Waals surface area (Å²) < 4.78 is 0. The van der Waals surface area contributed by atoms with E-state index in [9.17, 15) is 9.59 Å². The second-order valence-corrected chi connectivity index (χ2v) is 10.1. The van der Waals surface area contributed by atoms with Crippen molar-refractivity contribution < 1.29 is 9.59 Å². The summed E-state index contributed by atoms with van der Waals surface area (Å²) in [6.45, 7) is 8.43. The van der Waals surface area contributed by atoms with E-state index in [1.54, 1.807) is 4.90 Å². The topological polar surface area (TPSA) is 49.4 Å². The zero-order valence-electron chi connectivity index (χ0n) is 21.5. The Morgan fingerprint density at radius 2 is 1.31 bits per heavy atom. The number of aryl methyl sites for hydroxylation is 2. The first kappa shape index (κ1) is 26.2. The van der Waals surface area contributed by atoms with Crippen molar-refractivity contribution in [3.8, 4) is 0 Å². The van der Waals surface area contributed by atoms with Crippen LogP contribution in [-0.4, -0.2) is 28.3 Å². The van der Waals surface area contributed by atoms with Crippen LogP contribution in [0.3, 0.4) is 0 Å². The third-order valence-electron chi connectivity index (χ3n) is 6.02.